The lowest BCUT2D eigenvalue weighted by Gasteiger charge is -2.08. The topological polar surface area (TPSA) is 38.3 Å². The van der Waals surface area contributed by atoms with Gasteiger partial charge in [0.25, 0.3) is 0 Å². The van der Waals surface area contributed by atoms with Gasteiger partial charge in [-0.05, 0) is 28.1 Å². The summed E-state index contributed by atoms with van der Waals surface area (Å²) in [5, 5.41) is 2.68. The Balaban J connectivity index is 3.01. The Morgan fingerprint density at radius 2 is 2.23 bits per heavy atom. The molecule has 70 valence electrons. The first-order chi connectivity index (χ1) is 6.15. The lowest BCUT2D eigenvalue weighted by atomic mass is 10.3. The van der Waals surface area contributed by atoms with Crippen LogP contribution in [0.25, 0.3) is 0 Å². The standard InChI is InChI=1S/C9H10BrNO2/c1-6(12)11-7-4-3-5-8(13-2)9(7)10/h3-5H,1-2H3,(H,11,12). The molecule has 1 aromatic rings. The second-order valence-corrected chi connectivity index (χ2v) is 3.30. The SMILES string of the molecule is COc1cccc(NC(C)=O)c1Br. The zero-order valence-electron chi connectivity index (χ0n) is 7.43. The molecular formula is C9H10BrNO2. The number of nitrogens with one attached hydrogen (secondary N) is 1. The summed E-state index contributed by atoms with van der Waals surface area (Å²) < 4.78 is 5.83. The number of ether oxygens (including phenoxy) is 1. The number of benzene rings is 1. The van der Waals surface area contributed by atoms with Crippen molar-refractivity contribution in [3.63, 3.8) is 0 Å². The summed E-state index contributed by atoms with van der Waals surface area (Å²) in [6, 6.07) is 5.43. The van der Waals surface area contributed by atoms with Crippen LogP contribution in [0.1, 0.15) is 6.92 Å². The van der Waals surface area contributed by atoms with E-state index in [0.717, 1.165) is 4.47 Å². The Morgan fingerprint density at radius 3 is 2.77 bits per heavy atom. The molecule has 4 heteroatoms. The second kappa shape index (κ2) is 4.28. The van der Waals surface area contributed by atoms with E-state index >= 15 is 0 Å². The highest BCUT2D eigenvalue weighted by Gasteiger charge is 2.05. The number of amides is 1. The molecule has 0 unspecified atom stereocenters. The molecule has 0 spiro atoms. The third-order valence-electron chi connectivity index (χ3n) is 1.49. The molecule has 1 aromatic carbocycles. The molecule has 0 aliphatic rings. The maximum atomic E-state index is 10.8. The van der Waals surface area contributed by atoms with E-state index in [9.17, 15) is 4.79 Å². The van der Waals surface area contributed by atoms with E-state index in [0.29, 0.717) is 11.4 Å². The van der Waals surface area contributed by atoms with Crippen LogP contribution >= 0.6 is 15.9 Å². The molecule has 0 aliphatic heterocycles. The molecule has 0 atom stereocenters. The van der Waals surface area contributed by atoms with Gasteiger partial charge < -0.3 is 10.1 Å². The van der Waals surface area contributed by atoms with Gasteiger partial charge in [-0.2, -0.15) is 0 Å². The van der Waals surface area contributed by atoms with Crippen LogP contribution in [0.4, 0.5) is 5.69 Å². The maximum Gasteiger partial charge on any atom is 0.221 e. The van der Waals surface area contributed by atoms with Gasteiger partial charge in [0.1, 0.15) is 5.75 Å². The fraction of sp³-hybridized carbons (Fsp3) is 0.222. The van der Waals surface area contributed by atoms with Crippen molar-refractivity contribution < 1.29 is 9.53 Å². The fourth-order valence-electron chi connectivity index (χ4n) is 0.955. The molecule has 0 aliphatic carbocycles. The van der Waals surface area contributed by atoms with Crippen LogP contribution in [0.2, 0.25) is 0 Å². The van der Waals surface area contributed by atoms with Crippen LogP contribution in [0.5, 0.6) is 5.75 Å². The van der Waals surface area contributed by atoms with E-state index < -0.39 is 0 Å². The van der Waals surface area contributed by atoms with Crippen molar-refractivity contribution >= 4 is 27.5 Å². The number of anilines is 1. The van der Waals surface area contributed by atoms with E-state index in [1.54, 1.807) is 13.2 Å². The first-order valence-corrected chi connectivity index (χ1v) is 4.54. The molecule has 0 radical (unpaired) electrons. The molecule has 3 nitrogen and oxygen atoms in total. The minimum atomic E-state index is -0.103. The molecule has 0 saturated carbocycles. The maximum absolute atomic E-state index is 10.8. The van der Waals surface area contributed by atoms with Gasteiger partial charge in [0, 0.05) is 6.92 Å². The molecule has 1 amide bonds. The first-order valence-electron chi connectivity index (χ1n) is 3.75. The van der Waals surface area contributed by atoms with Gasteiger partial charge in [0.05, 0.1) is 17.3 Å². The van der Waals surface area contributed by atoms with Crippen molar-refractivity contribution in [2.24, 2.45) is 0 Å². The van der Waals surface area contributed by atoms with Gasteiger partial charge in [-0.3, -0.25) is 4.79 Å². The van der Waals surface area contributed by atoms with Crippen LogP contribution in [-0.2, 0) is 4.79 Å². The Bertz CT molecular complexity index is 325. The summed E-state index contributed by atoms with van der Waals surface area (Å²) in [4.78, 5) is 10.8. The van der Waals surface area contributed by atoms with Crippen molar-refractivity contribution in [3.05, 3.63) is 22.7 Å². The third-order valence-corrected chi connectivity index (χ3v) is 2.31. The molecule has 1 rings (SSSR count). The zero-order valence-corrected chi connectivity index (χ0v) is 9.01. The molecule has 0 heterocycles. The quantitative estimate of drug-likeness (QED) is 0.867. The number of rotatable bonds is 2. The van der Waals surface area contributed by atoms with Crippen molar-refractivity contribution in [1.82, 2.24) is 0 Å². The number of hydrogen-bond donors (Lipinski definition) is 1. The Labute approximate surface area is 85.2 Å². The van der Waals surface area contributed by atoms with Crippen LogP contribution in [-0.4, -0.2) is 13.0 Å². The summed E-state index contributed by atoms with van der Waals surface area (Å²) in [5.74, 6) is 0.597. The Kier molecular flexibility index (Phi) is 3.31. The van der Waals surface area contributed by atoms with Crippen LogP contribution in [0.3, 0.4) is 0 Å². The smallest absolute Gasteiger partial charge is 0.221 e. The van der Waals surface area contributed by atoms with Gasteiger partial charge in [0.15, 0.2) is 0 Å². The molecule has 0 fully saturated rings. The van der Waals surface area contributed by atoms with Gasteiger partial charge in [0.2, 0.25) is 5.91 Å². The monoisotopic (exact) mass is 243 g/mol. The van der Waals surface area contributed by atoms with E-state index in [2.05, 4.69) is 21.2 Å². The highest BCUT2D eigenvalue weighted by atomic mass is 79.9. The Morgan fingerprint density at radius 1 is 1.54 bits per heavy atom. The van der Waals surface area contributed by atoms with Crippen molar-refractivity contribution in [2.75, 3.05) is 12.4 Å². The summed E-state index contributed by atoms with van der Waals surface area (Å²) in [5.41, 5.74) is 0.715. The van der Waals surface area contributed by atoms with Crippen LogP contribution < -0.4 is 10.1 Å². The van der Waals surface area contributed by atoms with Crippen LogP contribution in [0, 0.1) is 0 Å². The minimum absolute atomic E-state index is 0.103. The summed E-state index contributed by atoms with van der Waals surface area (Å²) >= 11 is 3.33. The minimum Gasteiger partial charge on any atom is -0.495 e. The number of hydrogen-bond acceptors (Lipinski definition) is 2. The van der Waals surface area contributed by atoms with Gasteiger partial charge in [-0.25, -0.2) is 0 Å². The number of methoxy groups -OCH3 is 1. The van der Waals surface area contributed by atoms with Gasteiger partial charge in [-0.15, -0.1) is 0 Å². The summed E-state index contributed by atoms with van der Waals surface area (Å²) in [7, 11) is 1.58. The van der Waals surface area contributed by atoms with E-state index in [1.165, 1.54) is 6.92 Å². The lowest BCUT2D eigenvalue weighted by molar-refractivity contribution is -0.114. The molecule has 0 aromatic heterocycles. The highest BCUT2D eigenvalue weighted by molar-refractivity contribution is 9.10. The summed E-state index contributed by atoms with van der Waals surface area (Å²) in [6.07, 6.45) is 0. The fourth-order valence-corrected chi connectivity index (χ4v) is 1.48. The number of carbonyl (C=O) groups is 1. The Hall–Kier alpha value is -1.03. The van der Waals surface area contributed by atoms with Crippen molar-refractivity contribution in [2.45, 2.75) is 6.92 Å². The highest BCUT2D eigenvalue weighted by Crippen LogP contribution is 2.31. The molecular weight excluding hydrogens is 234 g/mol. The van der Waals surface area contributed by atoms with E-state index in [-0.39, 0.29) is 5.91 Å². The molecule has 0 bridgehead atoms. The molecule has 0 saturated heterocycles. The normalized spacial score (nSPS) is 9.46. The predicted octanol–water partition coefficient (Wildman–Crippen LogP) is 2.42. The molecule has 13 heavy (non-hydrogen) atoms. The average Bonchev–Trinajstić information content (AvgIpc) is 2.08. The van der Waals surface area contributed by atoms with Crippen molar-refractivity contribution in [1.29, 1.82) is 0 Å². The number of halogens is 1. The third kappa shape index (κ3) is 2.45. The average molecular weight is 244 g/mol. The van der Waals surface area contributed by atoms with E-state index in [4.69, 9.17) is 4.74 Å². The van der Waals surface area contributed by atoms with Crippen molar-refractivity contribution in [3.8, 4) is 5.75 Å². The molecule has 1 N–H and O–H groups in total. The van der Waals surface area contributed by atoms with Gasteiger partial charge >= 0.3 is 0 Å². The predicted molar refractivity (Wildman–Crippen MR) is 55.0 cm³/mol. The van der Waals surface area contributed by atoms with E-state index in [1.807, 2.05) is 12.1 Å². The number of carbonyl (C=O) groups excluding carboxylic acids is 1. The zero-order chi connectivity index (χ0) is 9.84. The lowest BCUT2D eigenvalue weighted by Crippen LogP contribution is -2.06. The largest absolute Gasteiger partial charge is 0.495 e. The van der Waals surface area contributed by atoms with Gasteiger partial charge in [-0.1, -0.05) is 6.07 Å². The first kappa shape index (κ1) is 10.1. The van der Waals surface area contributed by atoms with Crippen LogP contribution in [0.15, 0.2) is 22.7 Å². The summed E-state index contributed by atoms with van der Waals surface area (Å²) in [6.45, 7) is 1.46. The second-order valence-electron chi connectivity index (χ2n) is 2.50.